The summed E-state index contributed by atoms with van der Waals surface area (Å²) in [5.74, 6) is 0.559. The Labute approximate surface area is 175 Å². The Bertz CT molecular complexity index is 928. The summed E-state index contributed by atoms with van der Waals surface area (Å²) in [6.07, 6.45) is 0.845. The maximum absolute atomic E-state index is 12.6. The van der Waals surface area contributed by atoms with Crippen LogP contribution in [0.5, 0.6) is 5.75 Å². The van der Waals surface area contributed by atoms with Gasteiger partial charge in [0.15, 0.2) is 0 Å². The lowest BCUT2D eigenvalue weighted by atomic mass is 10.1. The number of sulfonamides is 1. The van der Waals surface area contributed by atoms with Crippen molar-refractivity contribution in [3.63, 3.8) is 0 Å². The summed E-state index contributed by atoms with van der Waals surface area (Å²) in [6.45, 7) is 4.38. The summed E-state index contributed by atoms with van der Waals surface area (Å²) in [5.41, 5.74) is 1.47. The number of rotatable bonds is 9. The van der Waals surface area contributed by atoms with Crippen LogP contribution < -0.4 is 10.1 Å². The molecule has 0 aromatic heterocycles. The summed E-state index contributed by atoms with van der Waals surface area (Å²) in [7, 11) is -1.96. The number of halogens is 1. The van der Waals surface area contributed by atoms with Crippen molar-refractivity contribution >= 4 is 37.5 Å². The zero-order valence-electron chi connectivity index (χ0n) is 16.2. The molecule has 28 heavy (non-hydrogen) atoms. The second-order valence-corrected chi connectivity index (χ2v) is 8.93. The molecular weight excluding hydrogens is 444 g/mol. The predicted octanol–water partition coefficient (Wildman–Crippen LogP) is 4.06. The minimum Gasteiger partial charge on any atom is -0.496 e. The molecule has 0 radical (unpaired) electrons. The zero-order chi connectivity index (χ0) is 20.7. The van der Waals surface area contributed by atoms with Crippen molar-refractivity contribution in [3.8, 4) is 5.75 Å². The molecule has 0 fully saturated rings. The molecule has 0 spiro atoms. The van der Waals surface area contributed by atoms with E-state index in [4.69, 9.17) is 4.74 Å². The summed E-state index contributed by atoms with van der Waals surface area (Å²) in [6, 6.07) is 12.0. The van der Waals surface area contributed by atoms with E-state index in [-0.39, 0.29) is 17.2 Å². The average molecular weight is 469 g/mol. The first-order chi connectivity index (χ1) is 13.3. The summed E-state index contributed by atoms with van der Waals surface area (Å²) >= 11 is 3.43. The van der Waals surface area contributed by atoms with Gasteiger partial charge < -0.3 is 10.1 Å². The third-order valence-corrected chi connectivity index (χ3v) is 6.98. The van der Waals surface area contributed by atoms with Gasteiger partial charge in [-0.05, 0) is 58.2 Å². The fourth-order valence-electron chi connectivity index (χ4n) is 2.79. The zero-order valence-corrected chi connectivity index (χ0v) is 18.6. The van der Waals surface area contributed by atoms with E-state index in [0.717, 1.165) is 15.8 Å². The number of anilines is 1. The van der Waals surface area contributed by atoms with Crippen molar-refractivity contribution in [2.24, 2.45) is 0 Å². The lowest BCUT2D eigenvalue weighted by molar-refractivity contribution is -0.116. The van der Waals surface area contributed by atoms with Gasteiger partial charge in [-0.25, -0.2) is 8.42 Å². The first-order valence-corrected chi connectivity index (χ1v) is 11.3. The number of amides is 1. The monoisotopic (exact) mass is 468 g/mol. The molecule has 1 amide bonds. The van der Waals surface area contributed by atoms with E-state index in [0.29, 0.717) is 25.2 Å². The van der Waals surface area contributed by atoms with Crippen LogP contribution in [0.2, 0.25) is 0 Å². The van der Waals surface area contributed by atoms with Crippen LogP contribution in [0.1, 0.15) is 25.8 Å². The number of carbonyl (C=O) groups excluding carboxylic acids is 1. The Morgan fingerprint density at radius 1 is 1.14 bits per heavy atom. The van der Waals surface area contributed by atoms with Crippen molar-refractivity contribution in [2.75, 3.05) is 25.5 Å². The van der Waals surface area contributed by atoms with Crippen molar-refractivity contribution < 1.29 is 17.9 Å². The summed E-state index contributed by atoms with van der Waals surface area (Å²) in [4.78, 5) is 12.5. The molecule has 0 aliphatic carbocycles. The van der Waals surface area contributed by atoms with Crippen molar-refractivity contribution in [2.45, 2.75) is 31.6 Å². The van der Waals surface area contributed by atoms with Gasteiger partial charge in [0.1, 0.15) is 5.75 Å². The topological polar surface area (TPSA) is 75.7 Å². The first kappa shape index (κ1) is 22.4. The molecule has 2 aromatic carbocycles. The van der Waals surface area contributed by atoms with Gasteiger partial charge in [0.2, 0.25) is 15.9 Å². The Hall–Kier alpha value is -1.90. The number of benzene rings is 2. The highest BCUT2D eigenvalue weighted by molar-refractivity contribution is 9.10. The second-order valence-electron chi connectivity index (χ2n) is 6.13. The Morgan fingerprint density at radius 3 is 2.46 bits per heavy atom. The predicted molar refractivity (Wildman–Crippen MR) is 114 cm³/mol. The summed E-state index contributed by atoms with van der Waals surface area (Å²) < 4.78 is 32.7. The van der Waals surface area contributed by atoms with Gasteiger partial charge in [0.05, 0.1) is 16.5 Å². The highest BCUT2D eigenvalue weighted by Crippen LogP contribution is 2.26. The molecule has 0 bridgehead atoms. The smallest absolute Gasteiger partial charge is 0.243 e. The molecule has 0 heterocycles. The fourth-order valence-corrected chi connectivity index (χ4v) is 4.89. The van der Waals surface area contributed by atoms with Gasteiger partial charge in [-0.3, -0.25) is 4.79 Å². The van der Waals surface area contributed by atoms with Gasteiger partial charge >= 0.3 is 0 Å². The van der Waals surface area contributed by atoms with Crippen LogP contribution >= 0.6 is 15.9 Å². The average Bonchev–Trinajstić information content (AvgIpc) is 2.67. The van der Waals surface area contributed by atoms with Gasteiger partial charge in [-0.2, -0.15) is 4.31 Å². The van der Waals surface area contributed by atoms with Gasteiger partial charge in [0.25, 0.3) is 0 Å². The van der Waals surface area contributed by atoms with Crippen LogP contribution in [-0.2, 0) is 21.2 Å². The van der Waals surface area contributed by atoms with Gasteiger partial charge in [-0.1, -0.05) is 26.0 Å². The number of methoxy groups -OCH3 is 1. The molecule has 2 aromatic rings. The Morgan fingerprint density at radius 2 is 1.86 bits per heavy atom. The van der Waals surface area contributed by atoms with Crippen molar-refractivity contribution in [1.29, 1.82) is 0 Å². The number of hydrogen-bond acceptors (Lipinski definition) is 4. The minimum atomic E-state index is -3.56. The molecule has 0 aliphatic rings. The van der Waals surface area contributed by atoms with Crippen molar-refractivity contribution in [3.05, 3.63) is 52.5 Å². The number of hydrogen-bond donors (Lipinski definition) is 1. The molecular formula is C20H25BrN2O4S. The molecule has 0 atom stereocenters. The normalized spacial score (nSPS) is 11.5. The third kappa shape index (κ3) is 5.56. The standard InChI is InChI=1S/C20H25BrN2O4S/c1-4-23(5-2)28(25,26)17-8-6-7-16(14-17)22-20(24)12-10-15-9-11-19(27-3)18(21)13-15/h6-9,11,13-14H,4-5,10,12H2,1-3H3,(H,22,24). The number of nitrogens with zero attached hydrogens (tertiary/aromatic N) is 1. The SMILES string of the molecule is CCN(CC)S(=O)(=O)c1cccc(NC(=O)CCc2ccc(OC)c(Br)c2)c1. The molecule has 1 N–H and O–H groups in total. The quantitative estimate of drug-likeness (QED) is 0.601. The maximum Gasteiger partial charge on any atom is 0.243 e. The molecule has 2 rings (SSSR count). The van der Waals surface area contributed by atoms with E-state index in [1.807, 2.05) is 18.2 Å². The summed E-state index contributed by atoms with van der Waals surface area (Å²) in [5, 5.41) is 2.78. The van der Waals surface area contributed by atoms with E-state index < -0.39 is 10.0 Å². The van der Waals surface area contributed by atoms with Gasteiger partial charge in [0, 0.05) is 25.2 Å². The molecule has 0 aliphatic heterocycles. The Kier molecular flexibility index (Phi) is 8.03. The van der Waals surface area contributed by atoms with E-state index in [9.17, 15) is 13.2 Å². The maximum atomic E-state index is 12.6. The molecule has 0 saturated carbocycles. The van der Waals surface area contributed by atoms with E-state index in [2.05, 4.69) is 21.2 Å². The van der Waals surface area contributed by atoms with E-state index in [1.165, 1.54) is 16.4 Å². The molecule has 152 valence electrons. The van der Waals surface area contributed by atoms with Crippen LogP contribution in [-0.4, -0.2) is 38.8 Å². The molecule has 6 nitrogen and oxygen atoms in total. The molecule has 0 saturated heterocycles. The largest absolute Gasteiger partial charge is 0.496 e. The van der Waals surface area contributed by atoms with E-state index in [1.54, 1.807) is 33.1 Å². The van der Waals surface area contributed by atoms with Crippen LogP contribution in [0.4, 0.5) is 5.69 Å². The number of ether oxygens (including phenoxy) is 1. The highest BCUT2D eigenvalue weighted by Gasteiger charge is 2.21. The molecule has 0 unspecified atom stereocenters. The Balaban J connectivity index is 2.04. The van der Waals surface area contributed by atoms with Crippen LogP contribution in [0, 0.1) is 0 Å². The lowest BCUT2D eigenvalue weighted by Crippen LogP contribution is -2.30. The van der Waals surface area contributed by atoms with Crippen LogP contribution in [0.3, 0.4) is 0 Å². The third-order valence-electron chi connectivity index (χ3n) is 4.32. The highest BCUT2D eigenvalue weighted by atomic mass is 79.9. The number of carbonyl (C=O) groups is 1. The molecule has 8 heteroatoms. The first-order valence-electron chi connectivity index (χ1n) is 9.04. The fraction of sp³-hybridized carbons (Fsp3) is 0.350. The number of nitrogens with one attached hydrogen (secondary N) is 1. The van der Waals surface area contributed by atoms with Crippen LogP contribution in [0.15, 0.2) is 51.8 Å². The lowest BCUT2D eigenvalue weighted by Gasteiger charge is -2.18. The van der Waals surface area contributed by atoms with Crippen LogP contribution in [0.25, 0.3) is 0 Å². The minimum absolute atomic E-state index is 0.174. The van der Waals surface area contributed by atoms with Gasteiger partial charge in [-0.15, -0.1) is 0 Å². The van der Waals surface area contributed by atoms with E-state index >= 15 is 0 Å². The number of aryl methyl sites for hydroxylation is 1. The van der Waals surface area contributed by atoms with Crippen molar-refractivity contribution in [1.82, 2.24) is 4.31 Å². The second kappa shape index (κ2) is 10.0.